The first-order chi connectivity index (χ1) is 14.9. The Morgan fingerprint density at radius 1 is 1.32 bits per heavy atom. The van der Waals surface area contributed by atoms with Gasteiger partial charge in [0.1, 0.15) is 12.2 Å². The van der Waals surface area contributed by atoms with E-state index >= 15 is 0 Å². The summed E-state index contributed by atoms with van der Waals surface area (Å²) in [6.45, 7) is 6.25. The molecule has 0 saturated heterocycles. The van der Waals surface area contributed by atoms with E-state index in [1.807, 2.05) is 6.92 Å². The van der Waals surface area contributed by atoms with E-state index in [4.69, 9.17) is 13.9 Å². The molecule has 3 rings (SSSR count). The summed E-state index contributed by atoms with van der Waals surface area (Å²) < 4.78 is 17.3. The second-order valence-corrected chi connectivity index (χ2v) is 7.01. The van der Waals surface area contributed by atoms with Crippen LogP contribution >= 0.6 is 15.9 Å². The highest BCUT2D eigenvalue weighted by Crippen LogP contribution is 2.36. The largest absolute Gasteiger partial charge is 0.490 e. The average Bonchev–Trinajstić information content (AvgIpc) is 3.17. The number of carbonyl (C=O) groups is 1. The fourth-order valence-electron chi connectivity index (χ4n) is 2.68. The summed E-state index contributed by atoms with van der Waals surface area (Å²) in [7, 11) is 0. The molecule has 0 spiro atoms. The number of benzene rings is 2. The number of nitrogens with one attached hydrogen (secondary N) is 1. The summed E-state index contributed by atoms with van der Waals surface area (Å²) in [6.07, 6.45) is 3.07. The first-order valence-corrected chi connectivity index (χ1v) is 9.93. The molecule has 0 bridgehead atoms. The van der Waals surface area contributed by atoms with Crippen LogP contribution in [-0.2, 0) is 0 Å². The van der Waals surface area contributed by atoms with Crippen molar-refractivity contribution in [1.82, 2.24) is 5.43 Å². The molecule has 0 unspecified atom stereocenters. The highest BCUT2D eigenvalue weighted by atomic mass is 79.9. The van der Waals surface area contributed by atoms with Crippen LogP contribution < -0.4 is 14.9 Å². The number of nitro benzene ring substituents is 1. The molecule has 0 aliphatic rings. The number of non-ortho nitro benzene ring substituents is 1. The molecule has 0 atom stereocenters. The van der Waals surface area contributed by atoms with Crippen molar-refractivity contribution < 1.29 is 23.6 Å². The molecule has 1 aromatic heterocycles. The number of hydrazone groups is 1. The minimum atomic E-state index is -0.592. The first-order valence-electron chi connectivity index (χ1n) is 9.14. The number of furan rings is 1. The summed E-state index contributed by atoms with van der Waals surface area (Å²) in [6, 6.07) is 8.99. The van der Waals surface area contributed by atoms with Crippen molar-refractivity contribution in [1.29, 1.82) is 0 Å². The molecule has 31 heavy (non-hydrogen) atoms. The third-order valence-corrected chi connectivity index (χ3v) is 4.58. The Morgan fingerprint density at radius 2 is 2.13 bits per heavy atom. The molecule has 0 aliphatic heterocycles. The van der Waals surface area contributed by atoms with E-state index in [1.54, 1.807) is 18.2 Å². The van der Waals surface area contributed by atoms with Gasteiger partial charge in [0.2, 0.25) is 0 Å². The number of fused-ring (bicyclic) bond motifs is 1. The number of rotatable bonds is 9. The van der Waals surface area contributed by atoms with Gasteiger partial charge in [0.15, 0.2) is 17.3 Å². The van der Waals surface area contributed by atoms with Crippen LogP contribution in [0.25, 0.3) is 11.0 Å². The molecule has 160 valence electrons. The molecule has 0 fully saturated rings. The van der Waals surface area contributed by atoms with Crippen LogP contribution in [0, 0.1) is 10.1 Å². The Kier molecular flexibility index (Phi) is 7.03. The molecule has 1 heterocycles. The Balaban J connectivity index is 1.75. The number of amides is 1. The highest BCUT2D eigenvalue weighted by Gasteiger charge is 2.15. The van der Waals surface area contributed by atoms with Crippen molar-refractivity contribution in [3.05, 3.63) is 75.0 Å². The van der Waals surface area contributed by atoms with E-state index in [0.717, 1.165) is 0 Å². The Bertz CT molecular complexity index is 1170. The SMILES string of the molecule is C=CCOc1c(Br)cc(/C=N/NC(=O)c2cc3cc([N+](=O)[O-])ccc3o2)cc1OCC. The van der Waals surface area contributed by atoms with Crippen molar-refractivity contribution in [2.45, 2.75) is 6.92 Å². The standard InChI is InChI=1S/C21H18BrN3O6/c1-3-7-30-20-16(22)8-13(9-18(20)29-4-2)12-23-24-21(26)19-11-14-10-15(25(27)28)5-6-17(14)31-19/h3,5-6,8-12H,1,4,7H2,2H3,(H,24,26)/b23-12+. The quantitative estimate of drug-likeness (QED) is 0.200. The molecule has 9 nitrogen and oxygen atoms in total. The Labute approximate surface area is 185 Å². The number of carbonyl (C=O) groups excluding carboxylic acids is 1. The lowest BCUT2D eigenvalue weighted by molar-refractivity contribution is -0.384. The predicted molar refractivity (Wildman–Crippen MR) is 119 cm³/mol. The topological polar surface area (TPSA) is 116 Å². The van der Waals surface area contributed by atoms with Crippen LogP contribution in [0.1, 0.15) is 23.0 Å². The summed E-state index contributed by atoms with van der Waals surface area (Å²) in [5, 5.41) is 15.3. The Hall–Kier alpha value is -3.66. The highest BCUT2D eigenvalue weighted by molar-refractivity contribution is 9.10. The second-order valence-electron chi connectivity index (χ2n) is 6.15. The van der Waals surface area contributed by atoms with Gasteiger partial charge in [-0.3, -0.25) is 14.9 Å². The van der Waals surface area contributed by atoms with Gasteiger partial charge in [-0.2, -0.15) is 5.10 Å². The van der Waals surface area contributed by atoms with Gasteiger partial charge in [0.05, 0.1) is 22.2 Å². The monoisotopic (exact) mass is 487 g/mol. The van der Waals surface area contributed by atoms with E-state index < -0.39 is 10.8 Å². The average molecular weight is 488 g/mol. The summed E-state index contributed by atoms with van der Waals surface area (Å²) in [5.41, 5.74) is 3.30. The van der Waals surface area contributed by atoms with Crippen molar-refractivity contribution in [2.24, 2.45) is 5.10 Å². The molecule has 2 aromatic carbocycles. The van der Waals surface area contributed by atoms with Gasteiger partial charge in [-0.25, -0.2) is 5.43 Å². The number of halogens is 1. The lowest BCUT2D eigenvalue weighted by Gasteiger charge is -2.13. The summed E-state index contributed by atoms with van der Waals surface area (Å²) >= 11 is 3.44. The van der Waals surface area contributed by atoms with Crippen LogP contribution in [0.5, 0.6) is 11.5 Å². The molecule has 0 saturated carbocycles. The normalized spacial score (nSPS) is 10.9. The second kappa shape index (κ2) is 9.90. The minimum Gasteiger partial charge on any atom is -0.490 e. The summed E-state index contributed by atoms with van der Waals surface area (Å²) in [5.74, 6) is 0.451. The predicted octanol–water partition coefficient (Wildman–Crippen LogP) is 4.83. The van der Waals surface area contributed by atoms with Crippen molar-refractivity contribution in [3.63, 3.8) is 0 Å². The van der Waals surface area contributed by atoms with Gasteiger partial charge in [-0.1, -0.05) is 12.7 Å². The Morgan fingerprint density at radius 3 is 2.84 bits per heavy atom. The van der Waals surface area contributed by atoms with Gasteiger partial charge in [0.25, 0.3) is 5.69 Å². The molecule has 0 aliphatic carbocycles. The van der Waals surface area contributed by atoms with Crippen LogP contribution in [0.15, 0.2) is 63.0 Å². The molecule has 0 radical (unpaired) electrons. The lowest BCUT2D eigenvalue weighted by Crippen LogP contribution is -2.16. The zero-order valence-electron chi connectivity index (χ0n) is 16.5. The van der Waals surface area contributed by atoms with E-state index in [-0.39, 0.29) is 11.4 Å². The smallest absolute Gasteiger partial charge is 0.307 e. The molecular weight excluding hydrogens is 470 g/mol. The van der Waals surface area contributed by atoms with Gasteiger partial charge in [-0.15, -0.1) is 0 Å². The van der Waals surface area contributed by atoms with Crippen molar-refractivity contribution >= 4 is 44.7 Å². The summed E-state index contributed by atoms with van der Waals surface area (Å²) in [4.78, 5) is 22.7. The lowest BCUT2D eigenvalue weighted by atomic mass is 10.2. The van der Waals surface area contributed by atoms with Crippen molar-refractivity contribution in [2.75, 3.05) is 13.2 Å². The van der Waals surface area contributed by atoms with E-state index in [0.29, 0.717) is 45.7 Å². The molecular formula is C21H18BrN3O6. The maximum absolute atomic E-state index is 12.3. The van der Waals surface area contributed by atoms with Gasteiger partial charge in [0, 0.05) is 17.5 Å². The number of nitro groups is 1. The molecule has 1 N–H and O–H groups in total. The fourth-order valence-corrected chi connectivity index (χ4v) is 3.26. The fraction of sp³-hybridized carbons (Fsp3) is 0.143. The van der Waals surface area contributed by atoms with Crippen LogP contribution in [0.4, 0.5) is 5.69 Å². The van der Waals surface area contributed by atoms with E-state index in [2.05, 4.69) is 33.0 Å². The number of nitrogens with zero attached hydrogens (tertiary/aromatic N) is 2. The van der Waals surface area contributed by atoms with Gasteiger partial charge >= 0.3 is 5.91 Å². The number of ether oxygens (including phenoxy) is 2. The number of hydrogen-bond acceptors (Lipinski definition) is 7. The third-order valence-electron chi connectivity index (χ3n) is 3.99. The van der Waals surface area contributed by atoms with Crippen LogP contribution in [0.3, 0.4) is 0 Å². The van der Waals surface area contributed by atoms with Gasteiger partial charge < -0.3 is 13.9 Å². The zero-order chi connectivity index (χ0) is 22.4. The van der Waals surface area contributed by atoms with Gasteiger partial charge in [-0.05, 0) is 52.7 Å². The van der Waals surface area contributed by atoms with E-state index in [9.17, 15) is 14.9 Å². The maximum Gasteiger partial charge on any atom is 0.307 e. The van der Waals surface area contributed by atoms with Crippen LogP contribution in [0.2, 0.25) is 0 Å². The molecule has 1 amide bonds. The van der Waals surface area contributed by atoms with E-state index in [1.165, 1.54) is 30.5 Å². The van der Waals surface area contributed by atoms with Crippen molar-refractivity contribution in [3.8, 4) is 11.5 Å². The molecule has 10 heteroatoms. The minimum absolute atomic E-state index is 0.0167. The molecule has 3 aromatic rings. The maximum atomic E-state index is 12.3. The number of hydrogen-bond donors (Lipinski definition) is 1. The third kappa shape index (κ3) is 5.28. The first kappa shape index (κ1) is 22.0. The van der Waals surface area contributed by atoms with Crippen LogP contribution in [-0.4, -0.2) is 30.3 Å². The zero-order valence-corrected chi connectivity index (χ0v) is 18.0.